The SMILES string of the molecule is [Al+3].[Cl-].[Na+].[OH-]. The molecule has 1 nitrogen and oxygen atoms in total. The van der Waals surface area contributed by atoms with Crippen molar-refractivity contribution in [2.75, 3.05) is 0 Å². The van der Waals surface area contributed by atoms with Gasteiger partial charge in [0, 0.05) is 0 Å². The third-order valence-corrected chi connectivity index (χ3v) is 0. The molecule has 0 saturated heterocycles. The van der Waals surface area contributed by atoms with Gasteiger partial charge >= 0.3 is 46.9 Å². The standard InChI is InChI=1S/Al.ClH.Na.H2O/h;1H;;1H2/q+3;;+1;/p-2. The topological polar surface area (TPSA) is 30.0 Å². The molecule has 0 aliphatic carbocycles. The summed E-state index contributed by atoms with van der Waals surface area (Å²) >= 11 is 0. The minimum absolute atomic E-state index is 0. The second-order valence-electron chi connectivity index (χ2n) is 0. The van der Waals surface area contributed by atoms with Crippen LogP contribution in [-0.2, 0) is 0 Å². The van der Waals surface area contributed by atoms with Crippen LogP contribution in [0, 0.1) is 0 Å². The Balaban J connectivity index is 0. The van der Waals surface area contributed by atoms with Gasteiger partial charge in [-0.05, 0) is 0 Å². The molecule has 1 N–H and O–H groups in total. The zero-order valence-corrected chi connectivity index (χ0v) is 6.31. The largest absolute Gasteiger partial charge is 3.00 e. The maximum Gasteiger partial charge on any atom is 3.00 e. The molecule has 0 atom stereocenters. The first-order valence-corrected chi connectivity index (χ1v) is 0. The van der Waals surface area contributed by atoms with Crippen LogP contribution < -0.4 is 42.0 Å². The molecular formula is HAlClNaO+2. The molecule has 0 spiro atoms. The van der Waals surface area contributed by atoms with Crippen LogP contribution in [0.15, 0.2) is 0 Å². The molecule has 0 unspecified atom stereocenters. The fourth-order valence-corrected chi connectivity index (χ4v) is 0. The summed E-state index contributed by atoms with van der Waals surface area (Å²) in [7, 11) is 0. The molecule has 4 heteroatoms. The van der Waals surface area contributed by atoms with Crippen LogP contribution in [0.3, 0.4) is 0 Å². The minimum Gasteiger partial charge on any atom is -1.00 e. The summed E-state index contributed by atoms with van der Waals surface area (Å²) in [5.74, 6) is 0. The van der Waals surface area contributed by atoms with Crippen LogP contribution in [0.1, 0.15) is 0 Å². The van der Waals surface area contributed by atoms with E-state index in [2.05, 4.69) is 0 Å². The van der Waals surface area contributed by atoms with E-state index >= 15 is 0 Å². The Morgan fingerprint density at radius 3 is 1.00 bits per heavy atom. The van der Waals surface area contributed by atoms with Gasteiger partial charge in [0.15, 0.2) is 0 Å². The molecule has 0 radical (unpaired) electrons. The van der Waals surface area contributed by atoms with Gasteiger partial charge in [0.2, 0.25) is 0 Å². The first-order chi connectivity index (χ1) is 0. The molecule has 0 aromatic carbocycles. The Morgan fingerprint density at radius 2 is 1.00 bits per heavy atom. The van der Waals surface area contributed by atoms with Crippen LogP contribution in [0.5, 0.6) is 0 Å². The molecule has 0 aromatic heterocycles. The van der Waals surface area contributed by atoms with E-state index in [9.17, 15) is 0 Å². The van der Waals surface area contributed by atoms with Crippen molar-refractivity contribution in [1.82, 2.24) is 0 Å². The van der Waals surface area contributed by atoms with E-state index in [-0.39, 0.29) is 64.8 Å². The van der Waals surface area contributed by atoms with Gasteiger partial charge in [-0.3, -0.25) is 0 Å². The number of hydrogen-bond acceptors (Lipinski definition) is 1. The van der Waals surface area contributed by atoms with Gasteiger partial charge < -0.3 is 17.9 Å². The fourth-order valence-electron chi connectivity index (χ4n) is 0. The van der Waals surface area contributed by atoms with E-state index in [0.29, 0.717) is 0 Å². The molecule has 0 aromatic rings. The molecule has 0 aliphatic rings. The summed E-state index contributed by atoms with van der Waals surface area (Å²) in [5, 5.41) is 0. The van der Waals surface area contributed by atoms with Gasteiger partial charge in [-0.2, -0.15) is 0 Å². The van der Waals surface area contributed by atoms with Crippen molar-refractivity contribution in [2.24, 2.45) is 0 Å². The van der Waals surface area contributed by atoms with E-state index in [0.717, 1.165) is 0 Å². The van der Waals surface area contributed by atoms with Crippen molar-refractivity contribution in [3.05, 3.63) is 0 Å². The summed E-state index contributed by atoms with van der Waals surface area (Å²) in [6.07, 6.45) is 0. The first-order valence-electron chi connectivity index (χ1n) is 0. The molecule has 0 bridgehead atoms. The van der Waals surface area contributed by atoms with Crippen molar-refractivity contribution < 1.29 is 47.4 Å². The van der Waals surface area contributed by atoms with Gasteiger partial charge in [0.05, 0.1) is 0 Å². The summed E-state index contributed by atoms with van der Waals surface area (Å²) in [6.45, 7) is 0. The van der Waals surface area contributed by atoms with Crippen molar-refractivity contribution in [3.63, 3.8) is 0 Å². The normalized spacial score (nSPS) is 0. The summed E-state index contributed by atoms with van der Waals surface area (Å²) < 4.78 is 0. The molecule has 0 heterocycles. The number of halogens is 1. The predicted octanol–water partition coefficient (Wildman–Crippen LogP) is -6.55. The van der Waals surface area contributed by atoms with Gasteiger partial charge in [-0.15, -0.1) is 0 Å². The van der Waals surface area contributed by atoms with Crippen molar-refractivity contribution in [3.8, 4) is 0 Å². The zero-order chi connectivity index (χ0) is 0. The van der Waals surface area contributed by atoms with E-state index in [1.807, 2.05) is 0 Å². The predicted molar refractivity (Wildman–Crippen MR) is 7.69 cm³/mol. The Kier molecular flexibility index (Phi) is 224. The van der Waals surface area contributed by atoms with Crippen molar-refractivity contribution >= 4 is 17.4 Å². The van der Waals surface area contributed by atoms with Crippen molar-refractivity contribution in [1.29, 1.82) is 0 Å². The third-order valence-electron chi connectivity index (χ3n) is 0. The first kappa shape index (κ1) is 41.6. The Morgan fingerprint density at radius 1 is 1.00 bits per heavy atom. The zero-order valence-electron chi connectivity index (χ0n) is 2.40. The molecule has 16 valence electrons. The van der Waals surface area contributed by atoms with Crippen LogP contribution in [-0.4, -0.2) is 22.8 Å². The van der Waals surface area contributed by atoms with E-state index in [4.69, 9.17) is 0 Å². The maximum absolute atomic E-state index is 0. The Hall–Kier alpha value is 1.78. The molecule has 0 fully saturated rings. The second-order valence-corrected chi connectivity index (χ2v) is 0. The average Bonchev–Trinajstić information content (AvgIpc) is 0. The van der Waals surface area contributed by atoms with Gasteiger partial charge in [-0.25, -0.2) is 0 Å². The molecule has 0 amide bonds. The average molecular weight is 102 g/mol. The minimum atomic E-state index is 0. The quantitative estimate of drug-likeness (QED) is 0.280. The molecule has 0 aliphatic heterocycles. The Bertz CT molecular complexity index is 8.00. The molecule has 0 rings (SSSR count). The van der Waals surface area contributed by atoms with E-state index < -0.39 is 0 Å². The number of hydrogen-bond donors (Lipinski definition) is 0. The van der Waals surface area contributed by atoms with E-state index in [1.165, 1.54) is 0 Å². The van der Waals surface area contributed by atoms with Crippen LogP contribution in [0.25, 0.3) is 0 Å². The number of rotatable bonds is 0. The monoisotopic (exact) mass is 102 g/mol. The summed E-state index contributed by atoms with van der Waals surface area (Å²) in [5.41, 5.74) is 0. The second kappa shape index (κ2) is 21.5. The van der Waals surface area contributed by atoms with Gasteiger partial charge in [0.1, 0.15) is 0 Å². The molecule has 0 saturated carbocycles. The van der Waals surface area contributed by atoms with Crippen LogP contribution >= 0.6 is 0 Å². The molecule has 4 heavy (non-hydrogen) atoms. The van der Waals surface area contributed by atoms with Gasteiger partial charge in [-0.1, -0.05) is 0 Å². The summed E-state index contributed by atoms with van der Waals surface area (Å²) in [4.78, 5) is 0. The van der Waals surface area contributed by atoms with E-state index in [1.54, 1.807) is 0 Å². The maximum atomic E-state index is 0. The van der Waals surface area contributed by atoms with Gasteiger partial charge in [0.25, 0.3) is 0 Å². The Labute approximate surface area is 64.3 Å². The van der Waals surface area contributed by atoms with Crippen LogP contribution in [0.2, 0.25) is 0 Å². The van der Waals surface area contributed by atoms with Crippen LogP contribution in [0.4, 0.5) is 0 Å². The smallest absolute Gasteiger partial charge is 1.00 e. The fraction of sp³-hybridized carbons (Fsp3) is 0. The summed E-state index contributed by atoms with van der Waals surface area (Å²) in [6, 6.07) is 0. The molecular weight excluding hydrogens is 101 g/mol. The third kappa shape index (κ3) is 9.22. The van der Waals surface area contributed by atoms with Crippen molar-refractivity contribution in [2.45, 2.75) is 0 Å².